The quantitative estimate of drug-likeness (QED) is 0.836. The number of carboxylic acid groups (broad SMARTS) is 1. The van der Waals surface area contributed by atoms with Gasteiger partial charge in [-0.2, -0.15) is 5.10 Å². The lowest BCUT2D eigenvalue weighted by molar-refractivity contribution is -0.140. The number of amides is 1. The van der Waals surface area contributed by atoms with E-state index in [0.29, 0.717) is 19.5 Å². The fraction of sp³-hybridized carbons (Fsp3) is 0.643. The second kappa shape index (κ2) is 6.71. The molecule has 1 unspecified atom stereocenters. The van der Waals surface area contributed by atoms with Crippen molar-refractivity contribution in [2.45, 2.75) is 32.2 Å². The maximum absolute atomic E-state index is 12.7. The molecule has 0 radical (unpaired) electrons. The van der Waals surface area contributed by atoms with E-state index in [-0.39, 0.29) is 18.5 Å². The number of carbonyl (C=O) groups excluding carboxylic acids is 1. The number of carbonyl (C=O) groups is 2. The van der Waals surface area contributed by atoms with E-state index >= 15 is 0 Å². The number of aliphatic carboxylic acids is 1. The van der Waals surface area contributed by atoms with Crippen molar-refractivity contribution in [1.82, 2.24) is 14.7 Å². The summed E-state index contributed by atoms with van der Waals surface area (Å²) < 4.78 is 1.66. The van der Waals surface area contributed by atoms with Gasteiger partial charge in [-0.3, -0.25) is 19.2 Å². The standard InChI is InChI=1S/C14H22N4O3/c1-3-6-17(10-13(19)20)12-5-4-7-18(14(12)21)11-8-15-16(2)9-11/h8-9,12H,3-7,10H2,1-2H3,(H,19,20). The molecule has 1 aromatic rings. The van der Waals surface area contributed by atoms with Gasteiger partial charge in [0.25, 0.3) is 0 Å². The summed E-state index contributed by atoms with van der Waals surface area (Å²) in [6.07, 6.45) is 5.88. The lowest BCUT2D eigenvalue weighted by Crippen LogP contribution is -2.53. The highest BCUT2D eigenvalue weighted by atomic mass is 16.4. The van der Waals surface area contributed by atoms with Gasteiger partial charge in [0.2, 0.25) is 5.91 Å². The first-order valence-electron chi connectivity index (χ1n) is 7.28. The fourth-order valence-electron chi connectivity index (χ4n) is 2.81. The normalized spacial score (nSPS) is 19.3. The maximum Gasteiger partial charge on any atom is 0.317 e. The first-order chi connectivity index (χ1) is 10.0. The monoisotopic (exact) mass is 294 g/mol. The Morgan fingerprint density at radius 3 is 2.90 bits per heavy atom. The highest BCUT2D eigenvalue weighted by Gasteiger charge is 2.34. The van der Waals surface area contributed by atoms with Crippen LogP contribution in [0, 0.1) is 0 Å². The minimum atomic E-state index is -0.894. The van der Waals surface area contributed by atoms with Crippen LogP contribution in [0.1, 0.15) is 26.2 Å². The van der Waals surface area contributed by atoms with Crippen LogP contribution in [0.5, 0.6) is 0 Å². The summed E-state index contributed by atoms with van der Waals surface area (Å²) in [5.41, 5.74) is 0.777. The van der Waals surface area contributed by atoms with Crippen molar-refractivity contribution in [3.63, 3.8) is 0 Å². The Hall–Kier alpha value is -1.89. The molecule has 0 bridgehead atoms. The van der Waals surface area contributed by atoms with Gasteiger partial charge in [-0.25, -0.2) is 0 Å². The number of nitrogens with zero attached hydrogens (tertiary/aromatic N) is 4. The van der Waals surface area contributed by atoms with Gasteiger partial charge >= 0.3 is 5.97 Å². The molecule has 0 aromatic carbocycles. The van der Waals surface area contributed by atoms with Crippen LogP contribution in [-0.4, -0.2) is 57.3 Å². The number of aryl methyl sites for hydroxylation is 1. The molecule has 0 saturated carbocycles. The summed E-state index contributed by atoms with van der Waals surface area (Å²) in [4.78, 5) is 27.2. The number of anilines is 1. The van der Waals surface area contributed by atoms with Crippen molar-refractivity contribution in [2.24, 2.45) is 7.05 Å². The molecular weight excluding hydrogens is 272 g/mol. The van der Waals surface area contributed by atoms with Gasteiger partial charge < -0.3 is 10.0 Å². The highest BCUT2D eigenvalue weighted by Crippen LogP contribution is 2.23. The summed E-state index contributed by atoms with van der Waals surface area (Å²) in [6, 6.07) is -0.352. The van der Waals surface area contributed by atoms with Crippen molar-refractivity contribution in [2.75, 3.05) is 24.5 Å². The van der Waals surface area contributed by atoms with E-state index in [9.17, 15) is 9.59 Å². The van der Waals surface area contributed by atoms with Crippen LogP contribution < -0.4 is 4.90 Å². The Labute approximate surface area is 124 Å². The topological polar surface area (TPSA) is 78.7 Å². The van der Waals surface area contributed by atoms with Crippen LogP contribution in [0.2, 0.25) is 0 Å². The molecule has 1 aromatic heterocycles. The predicted molar refractivity (Wildman–Crippen MR) is 78.1 cm³/mol. The zero-order valence-corrected chi connectivity index (χ0v) is 12.5. The Kier molecular flexibility index (Phi) is 4.95. The smallest absolute Gasteiger partial charge is 0.317 e. The summed E-state index contributed by atoms with van der Waals surface area (Å²) in [5.74, 6) is -0.918. The third-order valence-corrected chi connectivity index (χ3v) is 3.70. The number of aromatic nitrogens is 2. The van der Waals surface area contributed by atoms with Crippen LogP contribution in [0.15, 0.2) is 12.4 Å². The number of hydrogen-bond donors (Lipinski definition) is 1. The SMILES string of the molecule is CCCN(CC(=O)O)C1CCCN(c2cnn(C)c2)C1=O. The van der Waals surface area contributed by atoms with Gasteiger partial charge in [-0.05, 0) is 25.8 Å². The van der Waals surface area contributed by atoms with E-state index in [0.717, 1.165) is 18.5 Å². The highest BCUT2D eigenvalue weighted by molar-refractivity contribution is 5.97. The third-order valence-electron chi connectivity index (χ3n) is 3.70. The first kappa shape index (κ1) is 15.5. The molecule has 0 spiro atoms. The summed E-state index contributed by atoms with van der Waals surface area (Å²) in [6.45, 7) is 3.17. The van der Waals surface area contributed by atoms with Gasteiger partial charge in [-0.15, -0.1) is 0 Å². The molecule has 21 heavy (non-hydrogen) atoms. The Morgan fingerprint density at radius 1 is 1.57 bits per heavy atom. The zero-order chi connectivity index (χ0) is 15.4. The first-order valence-corrected chi connectivity index (χ1v) is 7.28. The van der Waals surface area contributed by atoms with Gasteiger partial charge in [0.15, 0.2) is 0 Å². The lowest BCUT2D eigenvalue weighted by atomic mass is 10.0. The van der Waals surface area contributed by atoms with Crippen molar-refractivity contribution in [3.05, 3.63) is 12.4 Å². The Morgan fingerprint density at radius 2 is 2.33 bits per heavy atom. The van der Waals surface area contributed by atoms with Crippen LogP contribution in [-0.2, 0) is 16.6 Å². The fourth-order valence-corrected chi connectivity index (χ4v) is 2.81. The molecule has 7 nitrogen and oxygen atoms in total. The second-order valence-electron chi connectivity index (χ2n) is 5.38. The number of piperidine rings is 1. The number of carboxylic acids is 1. The number of rotatable bonds is 6. The van der Waals surface area contributed by atoms with E-state index in [1.54, 1.807) is 20.7 Å². The van der Waals surface area contributed by atoms with E-state index in [4.69, 9.17) is 5.11 Å². The molecule has 1 aliphatic heterocycles. The molecule has 1 fully saturated rings. The van der Waals surface area contributed by atoms with Gasteiger partial charge in [-0.1, -0.05) is 6.92 Å². The second-order valence-corrected chi connectivity index (χ2v) is 5.38. The number of hydrogen-bond acceptors (Lipinski definition) is 4. The molecule has 7 heteroatoms. The van der Waals surface area contributed by atoms with Crippen molar-refractivity contribution >= 4 is 17.6 Å². The molecule has 2 rings (SSSR count). The van der Waals surface area contributed by atoms with Crippen LogP contribution >= 0.6 is 0 Å². The van der Waals surface area contributed by atoms with Gasteiger partial charge in [0.1, 0.15) is 0 Å². The predicted octanol–water partition coefficient (Wildman–Crippen LogP) is 0.712. The van der Waals surface area contributed by atoms with Gasteiger partial charge in [0.05, 0.1) is 24.5 Å². The summed E-state index contributed by atoms with van der Waals surface area (Å²) in [5, 5.41) is 13.1. The van der Waals surface area contributed by atoms with Crippen LogP contribution in [0.3, 0.4) is 0 Å². The van der Waals surface area contributed by atoms with Crippen molar-refractivity contribution < 1.29 is 14.7 Å². The van der Waals surface area contributed by atoms with E-state index in [2.05, 4.69) is 5.10 Å². The average molecular weight is 294 g/mol. The van der Waals surface area contributed by atoms with Crippen LogP contribution in [0.4, 0.5) is 5.69 Å². The average Bonchev–Trinajstić information content (AvgIpc) is 2.84. The van der Waals surface area contributed by atoms with E-state index < -0.39 is 5.97 Å². The van der Waals surface area contributed by atoms with Crippen molar-refractivity contribution in [1.29, 1.82) is 0 Å². The minimum absolute atomic E-state index is 0.0241. The molecule has 1 saturated heterocycles. The molecule has 1 amide bonds. The van der Waals surface area contributed by atoms with Crippen LogP contribution in [0.25, 0.3) is 0 Å². The van der Waals surface area contributed by atoms with Crippen molar-refractivity contribution in [3.8, 4) is 0 Å². The van der Waals surface area contributed by atoms with E-state index in [1.807, 2.05) is 20.2 Å². The Bertz CT molecular complexity index is 514. The van der Waals surface area contributed by atoms with Gasteiger partial charge in [0, 0.05) is 19.8 Å². The maximum atomic E-state index is 12.7. The third kappa shape index (κ3) is 3.60. The molecule has 1 atom stereocenters. The molecule has 1 N–H and O–H groups in total. The molecule has 1 aliphatic rings. The molecule has 0 aliphatic carbocycles. The minimum Gasteiger partial charge on any atom is -0.480 e. The lowest BCUT2D eigenvalue weighted by Gasteiger charge is -2.37. The Balaban J connectivity index is 2.15. The summed E-state index contributed by atoms with van der Waals surface area (Å²) in [7, 11) is 1.81. The summed E-state index contributed by atoms with van der Waals surface area (Å²) >= 11 is 0. The molecular formula is C14H22N4O3. The molecule has 2 heterocycles. The molecule has 116 valence electrons. The largest absolute Gasteiger partial charge is 0.480 e. The zero-order valence-electron chi connectivity index (χ0n) is 12.5. The van der Waals surface area contributed by atoms with E-state index in [1.165, 1.54) is 0 Å².